The number of aliphatic hydroxyl groups excluding tert-OH is 2. The fraction of sp³-hybridized carbons (Fsp3) is 0.528. The van der Waals surface area contributed by atoms with Gasteiger partial charge in [0.05, 0.1) is 12.2 Å². The highest BCUT2D eigenvalue weighted by Gasteiger charge is 2.79. The van der Waals surface area contributed by atoms with Gasteiger partial charge in [-0.05, 0) is 86.8 Å². The number of alkyl halides is 1. The van der Waals surface area contributed by atoms with Crippen LogP contribution in [0.5, 0.6) is 0 Å². The number of rotatable bonds is 6. The molecule has 0 radical (unpaired) electrons. The third kappa shape index (κ3) is 4.13. The number of ketones is 2. The van der Waals surface area contributed by atoms with E-state index >= 15 is 4.39 Å². The Bertz CT molecular complexity index is 1590. The minimum absolute atomic E-state index is 0.0478. The summed E-state index contributed by atoms with van der Waals surface area (Å²) in [5, 5.41) is 21.9. The molecule has 2 heterocycles. The molecule has 1 saturated heterocycles. The number of nitrogen functional groups attached to an aromatic ring is 1. The topological polar surface area (TPSA) is 132 Å². The third-order valence-corrected chi connectivity index (χ3v) is 12.1. The predicted octanol–water partition coefficient (Wildman–Crippen LogP) is 4.70. The van der Waals surface area contributed by atoms with Gasteiger partial charge in [-0.25, -0.2) is 4.39 Å². The van der Waals surface area contributed by atoms with Crippen LogP contribution in [0.25, 0.3) is 0 Å². The SMILES string of the molecule is C[C@@H](Cc1ccc([C@@H]2O[C@@H]3C[C@H]4[C@@H]5CCC6=CC(=O)C=C[C@]6(C)[C@@]5(F)[C@@H](O)C[C@]4(C)[C@]3(C(=O)CO)O2)cn1)c1ccc(N)cc1. The van der Waals surface area contributed by atoms with E-state index in [1.807, 2.05) is 43.3 Å². The van der Waals surface area contributed by atoms with Gasteiger partial charge >= 0.3 is 0 Å². The Balaban J connectivity index is 1.16. The summed E-state index contributed by atoms with van der Waals surface area (Å²) in [7, 11) is 0. The summed E-state index contributed by atoms with van der Waals surface area (Å²) in [4.78, 5) is 30.6. The number of pyridine rings is 1. The lowest BCUT2D eigenvalue weighted by Gasteiger charge is -2.62. The summed E-state index contributed by atoms with van der Waals surface area (Å²) in [5.41, 5.74) is 4.21. The molecule has 9 heteroatoms. The number of ether oxygens (including phenoxy) is 2. The van der Waals surface area contributed by atoms with Crippen molar-refractivity contribution in [1.82, 2.24) is 4.98 Å². The van der Waals surface area contributed by atoms with E-state index in [4.69, 9.17) is 15.2 Å². The summed E-state index contributed by atoms with van der Waals surface area (Å²) in [6.45, 7) is 5.02. The Hall–Kier alpha value is -3.24. The van der Waals surface area contributed by atoms with Crippen LogP contribution in [0.2, 0.25) is 0 Å². The van der Waals surface area contributed by atoms with Crippen LogP contribution < -0.4 is 5.73 Å². The van der Waals surface area contributed by atoms with Crippen molar-refractivity contribution < 1.29 is 33.7 Å². The number of anilines is 1. The highest BCUT2D eigenvalue weighted by atomic mass is 19.1. The van der Waals surface area contributed by atoms with E-state index in [0.717, 1.165) is 23.4 Å². The molecular weight excluding hydrogens is 575 g/mol. The van der Waals surface area contributed by atoms with Gasteiger partial charge in [-0.1, -0.05) is 43.7 Å². The summed E-state index contributed by atoms with van der Waals surface area (Å²) in [6, 6.07) is 11.6. The number of hydrogen-bond acceptors (Lipinski definition) is 8. The number of benzene rings is 1. The van der Waals surface area contributed by atoms with Crippen molar-refractivity contribution >= 4 is 17.3 Å². The van der Waals surface area contributed by atoms with Crippen molar-refractivity contribution in [2.75, 3.05) is 12.3 Å². The third-order valence-electron chi connectivity index (χ3n) is 12.1. The average molecular weight is 617 g/mol. The first kappa shape index (κ1) is 30.4. The van der Waals surface area contributed by atoms with Crippen LogP contribution in [-0.4, -0.2) is 56.8 Å². The molecule has 0 bridgehead atoms. The van der Waals surface area contributed by atoms with E-state index in [-0.39, 0.29) is 24.0 Å². The summed E-state index contributed by atoms with van der Waals surface area (Å²) >= 11 is 0. The van der Waals surface area contributed by atoms with Gasteiger partial charge in [-0.3, -0.25) is 14.6 Å². The first-order valence-electron chi connectivity index (χ1n) is 16.0. The minimum atomic E-state index is -2.04. The molecule has 4 N–H and O–H groups in total. The second-order valence-electron chi connectivity index (χ2n) is 14.2. The number of nitrogens with two attached hydrogens (primary N) is 1. The first-order valence-corrected chi connectivity index (χ1v) is 16.0. The zero-order valence-corrected chi connectivity index (χ0v) is 25.9. The van der Waals surface area contributed by atoms with Gasteiger partial charge in [0.1, 0.15) is 6.61 Å². The van der Waals surface area contributed by atoms with Gasteiger partial charge in [0.25, 0.3) is 0 Å². The van der Waals surface area contributed by atoms with Crippen molar-refractivity contribution in [3.8, 4) is 0 Å². The molecule has 2 aromatic rings. The van der Waals surface area contributed by atoms with Gasteiger partial charge in [0.15, 0.2) is 29.1 Å². The Morgan fingerprint density at radius 3 is 2.62 bits per heavy atom. The fourth-order valence-corrected chi connectivity index (χ4v) is 9.67. The second-order valence-corrected chi connectivity index (χ2v) is 14.2. The van der Waals surface area contributed by atoms with Crippen molar-refractivity contribution in [1.29, 1.82) is 0 Å². The van der Waals surface area contributed by atoms with Crippen LogP contribution in [0.15, 0.2) is 66.4 Å². The van der Waals surface area contributed by atoms with E-state index < -0.39 is 58.9 Å². The highest BCUT2D eigenvalue weighted by molar-refractivity contribution is 6.01. The molecule has 4 fully saturated rings. The fourth-order valence-electron chi connectivity index (χ4n) is 9.67. The molecule has 1 aromatic carbocycles. The standard InChI is InChI=1S/C36H41FN2O6/c1-20(21-4-8-24(38)9-5-21)14-25-10-6-22(18-39-25)32-44-31-16-28-27-11-7-23-15-26(41)12-13-33(23,2)35(27,37)29(42)17-34(28,3)36(31,45-32)30(43)19-40/h4-6,8-10,12-13,15,18,20,27-29,31-32,40,42H,7,11,14,16-17,19,38H2,1-3H3/t20-,27-,28-,29-,31+,32+,33-,34-,35-,36+/m0/s1. The molecule has 7 rings (SSSR count). The number of nitrogens with zero attached hydrogens (tertiary/aromatic N) is 1. The molecular formula is C36H41FN2O6. The maximum Gasteiger partial charge on any atom is 0.193 e. The average Bonchev–Trinajstić information content (AvgIpc) is 3.52. The quantitative estimate of drug-likeness (QED) is 0.398. The van der Waals surface area contributed by atoms with Crippen LogP contribution >= 0.6 is 0 Å². The number of aromatic nitrogens is 1. The van der Waals surface area contributed by atoms with Crippen LogP contribution in [0.3, 0.4) is 0 Å². The van der Waals surface area contributed by atoms with Crippen molar-refractivity contribution in [2.24, 2.45) is 22.7 Å². The number of carbonyl (C=O) groups excluding carboxylic acids is 2. The molecule has 4 aliphatic carbocycles. The van der Waals surface area contributed by atoms with Gasteiger partial charge < -0.3 is 25.4 Å². The van der Waals surface area contributed by atoms with Crippen LogP contribution in [0.1, 0.15) is 75.5 Å². The van der Waals surface area contributed by atoms with Crippen molar-refractivity contribution in [3.63, 3.8) is 0 Å². The minimum Gasteiger partial charge on any atom is -0.399 e. The van der Waals surface area contributed by atoms with Gasteiger partial charge in [0, 0.05) is 39.9 Å². The first-order chi connectivity index (χ1) is 21.4. The van der Waals surface area contributed by atoms with Crippen LogP contribution in [0, 0.1) is 22.7 Å². The molecule has 238 valence electrons. The molecule has 8 nitrogen and oxygen atoms in total. The second kappa shape index (κ2) is 10.4. The lowest BCUT2D eigenvalue weighted by Crippen LogP contribution is -2.69. The largest absolute Gasteiger partial charge is 0.399 e. The lowest BCUT2D eigenvalue weighted by molar-refractivity contribution is -0.231. The maximum atomic E-state index is 17.6. The van der Waals surface area contributed by atoms with Gasteiger partial charge in [-0.2, -0.15) is 0 Å². The van der Waals surface area contributed by atoms with Crippen LogP contribution in [0.4, 0.5) is 10.1 Å². The number of allylic oxidation sites excluding steroid dienone is 4. The predicted molar refractivity (Wildman–Crippen MR) is 164 cm³/mol. The number of aliphatic hydroxyl groups is 2. The van der Waals surface area contributed by atoms with Crippen LogP contribution in [-0.2, 0) is 25.5 Å². The lowest BCUT2D eigenvalue weighted by atomic mass is 9.44. The summed E-state index contributed by atoms with van der Waals surface area (Å²) < 4.78 is 30.6. The Kier molecular flexibility index (Phi) is 7.02. The number of fused-ring (bicyclic) bond motifs is 7. The van der Waals surface area contributed by atoms with E-state index in [9.17, 15) is 19.8 Å². The number of Topliss-reactive ketones (excluding diaryl/α,β-unsaturated/α-hetero) is 1. The monoisotopic (exact) mass is 616 g/mol. The van der Waals surface area contributed by atoms with Gasteiger partial charge in [0.2, 0.25) is 0 Å². The molecule has 0 amide bonds. The highest BCUT2D eigenvalue weighted by Crippen LogP contribution is 2.72. The maximum absolute atomic E-state index is 17.6. The van der Waals surface area contributed by atoms with Crippen molar-refractivity contribution in [3.05, 3.63) is 83.2 Å². The number of carbonyl (C=O) groups is 2. The van der Waals surface area contributed by atoms with E-state index in [1.54, 1.807) is 19.2 Å². The zero-order valence-electron chi connectivity index (χ0n) is 25.9. The molecule has 3 saturated carbocycles. The zero-order chi connectivity index (χ0) is 31.9. The van der Waals surface area contributed by atoms with E-state index in [2.05, 4.69) is 11.9 Å². The van der Waals surface area contributed by atoms with E-state index in [1.165, 1.54) is 12.2 Å². The molecule has 10 atom stereocenters. The number of hydrogen-bond donors (Lipinski definition) is 3. The molecule has 0 spiro atoms. The Morgan fingerprint density at radius 1 is 1.18 bits per heavy atom. The summed E-state index contributed by atoms with van der Waals surface area (Å²) in [5.74, 6) is -1.43. The number of halogens is 1. The van der Waals surface area contributed by atoms with E-state index in [0.29, 0.717) is 30.4 Å². The normalized spacial score (nSPS) is 40.6. The Morgan fingerprint density at radius 2 is 1.93 bits per heavy atom. The molecule has 1 aliphatic heterocycles. The molecule has 45 heavy (non-hydrogen) atoms. The van der Waals surface area contributed by atoms with Gasteiger partial charge in [-0.15, -0.1) is 0 Å². The molecule has 0 unspecified atom stereocenters. The molecule has 5 aliphatic rings. The smallest absolute Gasteiger partial charge is 0.193 e. The molecule has 1 aromatic heterocycles. The summed E-state index contributed by atoms with van der Waals surface area (Å²) in [6.07, 6.45) is 5.12. The van der Waals surface area contributed by atoms with Crippen molar-refractivity contribution in [2.45, 2.75) is 88.6 Å². The Labute approximate surface area is 262 Å².